The van der Waals surface area contributed by atoms with Gasteiger partial charge in [0.05, 0.1) is 7.05 Å². The minimum atomic E-state index is 0.106. The third-order valence-electron chi connectivity index (χ3n) is 3.29. The van der Waals surface area contributed by atoms with Crippen molar-refractivity contribution < 1.29 is 9.36 Å². The molecule has 1 saturated heterocycles. The van der Waals surface area contributed by atoms with Crippen LogP contribution in [0.25, 0.3) is 0 Å². The van der Waals surface area contributed by atoms with Crippen LogP contribution < -0.4 is 4.57 Å². The lowest BCUT2D eigenvalue weighted by molar-refractivity contribution is -0.670. The van der Waals surface area contributed by atoms with Crippen LogP contribution in [0.15, 0.2) is 18.7 Å². The van der Waals surface area contributed by atoms with Gasteiger partial charge in [-0.1, -0.05) is 12.8 Å². The van der Waals surface area contributed by atoms with Crippen molar-refractivity contribution in [3.8, 4) is 0 Å². The Balaban J connectivity index is 2.13. The lowest BCUT2D eigenvalue weighted by atomic mass is 10.1. The summed E-state index contributed by atoms with van der Waals surface area (Å²) in [4.78, 5) is 14.2. The standard InChI is InChI=1S/C12H20N3O/c1-11-6-4-3-5-7-15(11)12(16)14-9-8-13(2)10-14/h8-11H,3-7H2,1-2H3/q+1. The van der Waals surface area contributed by atoms with Crippen LogP contribution in [0.1, 0.15) is 32.6 Å². The topological polar surface area (TPSA) is 29.1 Å². The molecule has 0 saturated carbocycles. The number of imidazole rings is 1. The zero-order chi connectivity index (χ0) is 11.5. The van der Waals surface area contributed by atoms with E-state index in [1.807, 2.05) is 35.2 Å². The maximum atomic E-state index is 12.3. The van der Waals surface area contributed by atoms with Gasteiger partial charge in [0.1, 0.15) is 12.4 Å². The number of aromatic nitrogens is 2. The second-order valence-corrected chi connectivity index (χ2v) is 4.66. The highest BCUT2D eigenvalue weighted by atomic mass is 16.2. The number of rotatable bonds is 0. The first-order valence-electron chi connectivity index (χ1n) is 6.02. The van der Waals surface area contributed by atoms with E-state index in [4.69, 9.17) is 0 Å². The van der Waals surface area contributed by atoms with Crippen LogP contribution in [0.4, 0.5) is 4.79 Å². The lowest BCUT2D eigenvalue weighted by Gasteiger charge is -2.24. The molecule has 1 aliphatic heterocycles. The average Bonchev–Trinajstić information content (AvgIpc) is 2.57. The van der Waals surface area contributed by atoms with E-state index in [0.29, 0.717) is 6.04 Å². The van der Waals surface area contributed by atoms with Crippen LogP contribution in [0.2, 0.25) is 0 Å². The second kappa shape index (κ2) is 4.68. The first kappa shape index (κ1) is 11.2. The summed E-state index contributed by atoms with van der Waals surface area (Å²) in [5, 5.41) is 0. The fraction of sp³-hybridized carbons (Fsp3) is 0.667. The molecule has 0 aromatic carbocycles. The number of carbonyl (C=O) groups is 1. The van der Waals surface area contributed by atoms with Gasteiger partial charge in [0.2, 0.25) is 0 Å². The molecule has 0 bridgehead atoms. The average molecular weight is 222 g/mol. The Morgan fingerprint density at radius 1 is 1.38 bits per heavy atom. The third kappa shape index (κ3) is 2.26. The van der Waals surface area contributed by atoms with Crippen molar-refractivity contribution in [2.75, 3.05) is 6.54 Å². The number of aryl methyl sites for hydroxylation is 1. The molecule has 2 heterocycles. The Morgan fingerprint density at radius 2 is 2.19 bits per heavy atom. The summed E-state index contributed by atoms with van der Waals surface area (Å²) in [5.74, 6) is 0. The molecular formula is C12H20N3O+. The van der Waals surface area contributed by atoms with Gasteiger partial charge in [-0.25, -0.2) is 9.36 Å². The molecule has 0 spiro atoms. The number of likely N-dealkylation sites (tertiary alicyclic amines) is 1. The number of amides is 1. The van der Waals surface area contributed by atoms with Gasteiger partial charge in [0.25, 0.3) is 6.33 Å². The van der Waals surface area contributed by atoms with Crippen molar-refractivity contribution in [1.82, 2.24) is 9.47 Å². The molecule has 4 nitrogen and oxygen atoms in total. The van der Waals surface area contributed by atoms with Crippen LogP contribution in [-0.4, -0.2) is 28.1 Å². The largest absolute Gasteiger partial charge is 0.416 e. The molecular weight excluding hydrogens is 202 g/mol. The summed E-state index contributed by atoms with van der Waals surface area (Å²) >= 11 is 0. The van der Waals surface area contributed by atoms with Crippen molar-refractivity contribution in [3.63, 3.8) is 0 Å². The van der Waals surface area contributed by atoms with Crippen molar-refractivity contribution in [1.29, 1.82) is 0 Å². The Bertz CT molecular complexity index is 372. The normalized spacial score (nSPS) is 21.9. The Labute approximate surface area is 96.5 Å². The summed E-state index contributed by atoms with van der Waals surface area (Å²) in [5.41, 5.74) is 0. The Hall–Kier alpha value is -1.32. The molecule has 2 rings (SSSR count). The lowest BCUT2D eigenvalue weighted by Crippen LogP contribution is -2.41. The molecule has 1 amide bonds. The summed E-state index contributed by atoms with van der Waals surface area (Å²) in [6.07, 6.45) is 10.3. The fourth-order valence-corrected chi connectivity index (χ4v) is 2.27. The summed E-state index contributed by atoms with van der Waals surface area (Å²) < 4.78 is 3.56. The van der Waals surface area contributed by atoms with E-state index < -0.39 is 0 Å². The molecule has 4 heteroatoms. The Morgan fingerprint density at radius 3 is 2.88 bits per heavy atom. The minimum absolute atomic E-state index is 0.106. The van der Waals surface area contributed by atoms with E-state index in [1.165, 1.54) is 12.8 Å². The third-order valence-corrected chi connectivity index (χ3v) is 3.29. The van der Waals surface area contributed by atoms with Gasteiger partial charge in [-0.2, -0.15) is 4.57 Å². The SMILES string of the molecule is CC1CCCCCN1C(=O)n1cc[n+](C)c1. The molecule has 0 N–H and O–H groups in total. The Kier molecular flexibility index (Phi) is 3.27. The van der Waals surface area contributed by atoms with E-state index in [9.17, 15) is 4.79 Å². The quantitative estimate of drug-likeness (QED) is 0.612. The van der Waals surface area contributed by atoms with E-state index in [0.717, 1.165) is 19.4 Å². The highest BCUT2D eigenvalue weighted by Gasteiger charge is 2.26. The zero-order valence-electron chi connectivity index (χ0n) is 10.1. The van der Waals surface area contributed by atoms with Gasteiger partial charge < -0.3 is 4.90 Å². The zero-order valence-corrected chi connectivity index (χ0v) is 10.1. The van der Waals surface area contributed by atoms with Gasteiger partial charge in [-0.05, 0) is 19.8 Å². The van der Waals surface area contributed by atoms with Crippen LogP contribution in [0.3, 0.4) is 0 Å². The summed E-state index contributed by atoms with van der Waals surface area (Å²) in [6.45, 7) is 3.04. The second-order valence-electron chi connectivity index (χ2n) is 4.66. The van der Waals surface area contributed by atoms with Gasteiger partial charge in [-0.3, -0.25) is 0 Å². The molecule has 1 aliphatic rings. The molecule has 1 unspecified atom stereocenters. The molecule has 1 aromatic rings. The van der Waals surface area contributed by atoms with Gasteiger partial charge in [-0.15, -0.1) is 0 Å². The van der Waals surface area contributed by atoms with Gasteiger partial charge in [0.15, 0.2) is 0 Å². The first-order chi connectivity index (χ1) is 7.68. The van der Waals surface area contributed by atoms with Crippen LogP contribution in [0, 0.1) is 0 Å². The number of carbonyl (C=O) groups excluding carboxylic acids is 1. The maximum absolute atomic E-state index is 12.3. The number of hydrogen-bond donors (Lipinski definition) is 0. The van der Waals surface area contributed by atoms with Crippen LogP contribution in [0.5, 0.6) is 0 Å². The van der Waals surface area contributed by atoms with E-state index in [2.05, 4.69) is 6.92 Å². The summed E-state index contributed by atoms with van der Waals surface area (Å²) in [6, 6.07) is 0.470. The van der Waals surface area contributed by atoms with Crippen LogP contribution in [-0.2, 0) is 7.05 Å². The summed E-state index contributed by atoms with van der Waals surface area (Å²) in [7, 11) is 1.93. The smallest absolute Gasteiger partial charge is 0.302 e. The number of nitrogens with zero attached hydrogens (tertiary/aromatic N) is 3. The first-order valence-corrected chi connectivity index (χ1v) is 6.02. The molecule has 0 radical (unpaired) electrons. The van der Waals surface area contributed by atoms with E-state index in [-0.39, 0.29) is 6.03 Å². The molecule has 16 heavy (non-hydrogen) atoms. The van der Waals surface area contributed by atoms with Crippen molar-refractivity contribution in [2.45, 2.75) is 38.6 Å². The highest BCUT2D eigenvalue weighted by molar-refractivity contribution is 5.76. The number of hydrogen-bond acceptors (Lipinski definition) is 1. The molecule has 0 aliphatic carbocycles. The van der Waals surface area contributed by atoms with Crippen molar-refractivity contribution in [2.24, 2.45) is 7.05 Å². The van der Waals surface area contributed by atoms with Gasteiger partial charge in [0, 0.05) is 12.6 Å². The van der Waals surface area contributed by atoms with E-state index >= 15 is 0 Å². The minimum Gasteiger partial charge on any atom is -0.302 e. The monoisotopic (exact) mass is 222 g/mol. The maximum Gasteiger partial charge on any atom is 0.416 e. The highest BCUT2D eigenvalue weighted by Crippen LogP contribution is 2.17. The van der Waals surface area contributed by atoms with Crippen molar-refractivity contribution >= 4 is 6.03 Å². The van der Waals surface area contributed by atoms with Crippen molar-refractivity contribution in [3.05, 3.63) is 18.7 Å². The predicted octanol–water partition coefficient (Wildman–Crippen LogP) is 1.55. The predicted molar refractivity (Wildman–Crippen MR) is 61.0 cm³/mol. The van der Waals surface area contributed by atoms with Gasteiger partial charge >= 0.3 is 6.03 Å². The molecule has 88 valence electrons. The molecule has 1 fully saturated rings. The van der Waals surface area contributed by atoms with E-state index in [1.54, 1.807) is 4.57 Å². The molecule has 1 aromatic heterocycles. The fourth-order valence-electron chi connectivity index (χ4n) is 2.27. The van der Waals surface area contributed by atoms with Crippen LogP contribution >= 0.6 is 0 Å². The molecule has 1 atom stereocenters.